The molecule has 13 heteroatoms. The van der Waals surface area contributed by atoms with Crippen molar-refractivity contribution in [1.82, 2.24) is 14.8 Å². The number of aromatic hydroxyl groups is 1. The molecule has 0 aliphatic heterocycles. The predicted molar refractivity (Wildman–Crippen MR) is 93.1 cm³/mol. The second-order valence-corrected chi connectivity index (χ2v) is 7.19. The average molecular weight is 502 g/mol. The SMILES string of the molecule is N#Cc1nn(-c2c(Cl)cc(C(F)(F)F)cc2Cl)c2nc(O)cc(C(F)(F)Br)c12. The lowest BCUT2D eigenvalue weighted by atomic mass is 10.1. The first kappa shape index (κ1) is 20.6. The summed E-state index contributed by atoms with van der Waals surface area (Å²) < 4.78 is 67.2. The van der Waals surface area contributed by atoms with E-state index in [1.54, 1.807) is 6.07 Å². The highest BCUT2D eigenvalue weighted by Crippen LogP contribution is 2.43. The van der Waals surface area contributed by atoms with Crippen molar-refractivity contribution < 1.29 is 27.1 Å². The molecule has 3 rings (SSSR count). The molecule has 1 aromatic carbocycles. The summed E-state index contributed by atoms with van der Waals surface area (Å²) in [5.41, 5.74) is -3.27. The van der Waals surface area contributed by atoms with Crippen LogP contribution in [-0.2, 0) is 11.0 Å². The molecular weight excluding hydrogens is 498 g/mol. The minimum atomic E-state index is -4.74. The van der Waals surface area contributed by atoms with E-state index >= 15 is 0 Å². The topological polar surface area (TPSA) is 74.7 Å². The molecule has 0 fully saturated rings. The monoisotopic (exact) mass is 500 g/mol. The van der Waals surface area contributed by atoms with Crippen molar-refractivity contribution in [2.45, 2.75) is 11.0 Å². The van der Waals surface area contributed by atoms with Gasteiger partial charge in [-0.15, -0.1) is 0 Å². The lowest BCUT2D eigenvalue weighted by Gasteiger charge is -2.13. The van der Waals surface area contributed by atoms with E-state index in [1.165, 1.54) is 0 Å². The molecule has 0 unspecified atom stereocenters. The van der Waals surface area contributed by atoms with Crippen LogP contribution in [0.1, 0.15) is 16.8 Å². The molecule has 0 radical (unpaired) electrons. The van der Waals surface area contributed by atoms with Gasteiger partial charge in [-0.2, -0.15) is 37.3 Å². The van der Waals surface area contributed by atoms with Gasteiger partial charge in [-0.1, -0.05) is 23.2 Å². The molecule has 0 atom stereocenters. The van der Waals surface area contributed by atoms with Crippen LogP contribution in [0.5, 0.6) is 5.88 Å². The molecule has 0 aliphatic rings. The normalized spacial score (nSPS) is 12.4. The van der Waals surface area contributed by atoms with E-state index in [0.717, 1.165) is 4.68 Å². The molecule has 0 amide bonds. The van der Waals surface area contributed by atoms with Crippen molar-refractivity contribution in [3.05, 3.63) is 45.1 Å². The van der Waals surface area contributed by atoms with Crippen LogP contribution in [0, 0.1) is 11.3 Å². The number of rotatable bonds is 2. The molecule has 0 bridgehead atoms. The smallest absolute Gasteiger partial charge is 0.416 e. The van der Waals surface area contributed by atoms with Crippen molar-refractivity contribution >= 4 is 50.2 Å². The van der Waals surface area contributed by atoms with Crippen molar-refractivity contribution in [2.75, 3.05) is 0 Å². The molecule has 3 aromatic rings. The summed E-state index contributed by atoms with van der Waals surface area (Å²) in [6.45, 7) is 0. The highest BCUT2D eigenvalue weighted by atomic mass is 79.9. The van der Waals surface area contributed by atoms with E-state index < -0.39 is 54.8 Å². The first-order chi connectivity index (χ1) is 12.8. The Hall–Kier alpha value is -2.16. The summed E-state index contributed by atoms with van der Waals surface area (Å²) in [6.07, 6.45) is -4.74. The van der Waals surface area contributed by atoms with E-state index in [-0.39, 0.29) is 5.69 Å². The van der Waals surface area contributed by atoms with E-state index in [1.807, 2.05) is 0 Å². The summed E-state index contributed by atoms with van der Waals surface area (Å²) in [5, 5.41) is 21.3. The largest absolute Gasteiger partial charge is 0.493 e. The Kier molecular flexibility index (Phi) is 4.94. The number of nitrogens with zero attached hydrogens (tertiary/aromatic N) is 4. The first-order valence-corrected chi connectivity index (χ1v) is 8.56. The molecule has 0 aliphatic carbocycles. The highest BCUT2D eigenvalue weighted by Gasteiger charge is 2.35. The predicted octanol–water partition coefficient (Wildman–Crippen LogP) is 5.77. The third-order valence-electron chi connectivity index (χ3n) is 3.59. The standard InChI is InChI=1S/C15H4BrCl2F5N4O/c16-14(19,20)6-3-10(28)25-13-11(6)9(4-24)26-27(13)12-7(17)1-5(2-8(12)18)15(21,22)23/h1-3H,(H,25,28). The number of alkyl halides is 6. The zero-order chi connectivity index (χ0) is 21.0. The molecule has 2 aromatic heterocycles. The summed E-state index contributed by atoms with van der Waals surface area (Å²) in [6, 6.07) is 3.34. The van der Waals surface area contributed by atoms with Crippen LogP contribution >= 0.6 is 39.1 Å². The van der Waals surface area contributed by atoms with Gasteiger partial charge in [0.05, 0.1) is 26.6 Å². The van der Waals surface area contributed by atoms with Crippen molar-refractivity contribution in [3.8, 4) is 17.6 Å². The molecule has 1 N–H and O–H groups in total. The lowest BCUT2D eigenvalue weighted by molar-refractivity contribution is -0.137. The van der Waals surface area contributed by atoms with Gasteiger partial charge in [-0.05, 0) is 28.1 Å². The van der Waals surface area contributed by atoms with Crippen molar-refractivity contribution in [1.29, 1.82) is 5.26 Å². The number of fused-ring (bicyclic) bond motifs is 1. The first-order valence-electron chi connectivity index (χ1n) is 7.01. The van der Waals surface area contributed by atoms with Crippen LogP contribution in [0.15, 0.2) is 18.2 Å². The summed E-state index contributed by atoms with van der Waals surface area (Å²) >= 11 is 14.0. The van der Waals surface area contributed by atoms with Gasteiger partial charge in [-0.25, -0.2) is 4.68 Å². The number of halogens is 8. The Balaban J connectivity index is 2.41. The van der Waals surface area contributed by atoms with Crippen LogP contribution in [0.3, 0.4) is 0 Å². The average Bonchev–Trinajstić information content (AvgIpc) is 2.90. The third-order valence-corrected chi connectivity index (χ3v) is 4.59. The minimum absolute atomic E-state index is 0.329. The molecule has 2 heterocycles. The summed E-state index contributed by atoms with van der Waals surface area (Å²) in [4.78, 5) is -0.00839. The zero-order valence-corrected chi connectivity index (χ0v) is 16.1. The van der Waals surface area contributed by atoms with E-state index in [0.29, 0.717) is 18.2 Å². The fourth-order valence-electron chi connectivity index (χ4n) is 2.49. The zero-order valence-electron chi connectivity index (χ0n) is 13.0. The number of hydrogen-bond donors (Lipinski definition) is 1. The minimum Gasteiger partial charge on any atom is -0.493 e. The number of hydrogen-bond acceptors (Lipinski definition) is 4. The van der Waals surface area contributed by atoms with Crippen molar-refractivity contribution in [2.24, 2.45) is 0 Å². The van der Waals surface area contributed by atoms with Gasteiger partial charge in [0.1, 0.15) is 11.8 Å². The van der Waals surface area contributed by atoms with Gasteiger partial charge >= 0.3 is 11.0 Å². The number of nitriles is 1. The van der Waals surface area contributed by atoms with E-state index in [2.05, 4.69) is 26.0 Å². The van der Waals surface area contributed by atoms with Gasteiger partial charge in [-0.3, -0.25) is 0 Å². The summed E-state index contributed by atoms with van der Waals surface area (Å²) in [7, 11) is 0. The molecule has 0 saturated heterocycles. The second-order valence-electron chi connectivity index (χ2n) is 5.38. The van der Waals surface area contributed by atoms with Gasteiger partial charge in [0.25, 0.3) is 0 Å². The summed E-state index contributed by atoms with van der Waals surface area (Å²) in [5.74, 6) is -0.841. The Labute approximate surface area is 171 Å². The molecule has 0 spiro atoms. The molecule has 146 valence electrons. The third kappa shape index (κ3) is 3.47. The Morgan fingerprint density at radius 3 is 2.14 bits per heavy atom. The van der Waals surface area contributed by atoms with E-state index in [4.69, 9.17) is 23.2 Å². The Morgan fingerprint density at radius 1 is 1.11 bits per heavy atom. The fraction of sp³-hybridized carbons (Fsp3) is 0.133. The molecule has 5 nitrogen and oxygen atoms in total. The highest BCUT2D eigenvalue weighted by molar-refractivity contribution is 9.09. The van der Waals surface area contributed by atoms with Gasteiger partial charge < -0.3 is 5.11 Å². The Morgan fingerprint density at radius 2 is 1.68 bits per heavy atom. The van der Waals surface area contributed by atoms with Crippen LogP contribution in [-0.4, -0.2) is 19.9 Å². The van der Waals surface area contributed by atoms with Gasteiger partial charge in [0.2, 0.25) is 5.88 Å². The molecular formula is C15H4BrCl2F5N4O. The molecule has 0 saturated carbocycles. The maximum absolute atomic E-state index is 13.9. The second kappa shape index (κ2) is 6.72. The number of aromatic nitrogens is 3. The van der Waals surface area contributed by atoms with E-state index in [9.17, 15) is 32.3 Å². The van der Waals surface area contributed by atoms with Gasteiger partial charge in [0.15, 0.2) is 11.3 Å². The van der Waals surface area contributed by atoms with Crippen molar-refractivity contribution in [3.63, 3.8) is 0 Å². The van der Waals surface area contributed by atoms with Crippen LogP contribution in [0.2, 0.25) is 10.0 Å². The van der Waals surface area contributed by atoms with Gasteiger partial charge in [0, 0.05) is 6.07 Å². The van der Waals surface area contributed by atoms with Crippen LogP contribution in [0.25, 0.3) is 16.7 Å². The lowest BCUT2D eigenvalue weighted by Crippen LogP contribution is -2.08. The van der Waals surface area contributed by atoms with Crippen LogP contribution in [0.4, 0.5) is 22.0 Å². The van der Waals surface area contributed by atoms with Crippen LogP contribution < -0.4 is 0 Å². The number of benzene rings is 1. The maximum atomic E-state index is 13.9. The quantitative estimate of drug-likeness (QED) is 0.357. The molecule has 28 heavy (non-hydrogen) atoms. The Bertz CT molecular complexity index is 1130. The fourth-order valence-corrected chi connectivity index (χ4v) is 3.45. The number of pyridine rings is 1. The maximum Gasteiger partial charge on any atom is 0.416 e.